The van der Waals surface area contributed by atoms with Gasteiger partial charge in [-0.15, -0.1) is 0 Å². The van der Waals surface area contributed by atoms with Crippen molar-refractivity contribution in [3.8, 4) is 0 Å². The van der Waals surface area contributed by atoms with Gasteiger partial charge >= 0.3 is 0 Å². The molecule has 0 fully saturated rings. The second-order valence-electron chi connectivity index (χ2n) is 4.50. The quantitative estimate of drug-likeness (QED) is 0.449. The highest BCUT2D eigenvalue weighted by molar-refractivity contribution is 5.78. The molecule has 6 nitrogen and oxygen atoms in total. The summed E-state index contributed by atoms with van der Waals surface area (Å²) in [6, 6.07) is 12.2. The lowest BCUT2D eigenvalue weighted by molar-refractivity contribution is -0.384. The van der Waals surface area contributed by atoms with Crippen LogP contribution in [0.15, 0.2) is 48.7 Å². The molecule has 0 saturated heterocycles. The van der Waals surface area contributed by atoms with Crippen LogP contribution in [0.25, 0.3) is 10.9 Å². The third kappa shape index (κ3) is 2.07. The van der Waals surface area contributed by atoms with Crippen LogP contribution in [0.2, 0.25) is 0 Å². The Balaban J connectivity index is 2.02. The first-order chi connectivity index (χ1) is 9.65. The predicted molar refractivity (Wildman–Crippen MR) is 76.3 cm³/mol. The third-order valence-electron chi connectivity index (χ3n) is 3.21. The maximum atomic E-state index is 10.8. The Morgan fingerprint density at radius 2 is 2.05 bits per heavy atom. The number of nitro benzene ring substituents is 1. The van der Waals surface area contributed by atoms with Crippen LogP contribution < -0.4 is 5.73 Å². The summed E-state index contributed by atoms with van der Waals surface area (Å²) in [5.41, 5.74) is 8.10. The molecule has 3 rings (SSSR count). The number of para-hydroxylation sites is 1. The lowest BCUT2D eigenvalue weighted by Gasteiger charge is -2.07. The molecule has 0 bridgehead atoms. The van der Waals surface area contributed by atoms with Crippen molar-refractivity contribution >= 4 is 22.3 Å². The number of rotatable bonds is 3. The predicted octanol–water partition coefficient (Wildman–Crippen LogP) is 2.58. The zero-order valence-corrected chi connectivity index (χ0v) is 10.6. The molecule has 0 aliphatic carbocycles. The molecule has 0 amide bonds. The number of nitro groups is 1. The summed E-state index contributed by atoms with van der Waals surface area (Å²) in [7, 11) is 0. The zero-order chi connectivity index (χ0) is 14.1. The summed E-state index contributed by atoms with van der Waals surface area (Å²) in [5.74, 6) is 0. The molecule has 0 aliphatic rings. The fourth-order valence-corrected chi connectivity index (χ4v) is 2.16. The largest absolute Gasteiger partial charge is 0.398 e. The molecular formula is C14H12N4O2. The standard InChI is InChI=1S/C14H12N4O2/c15-13-6-5-12(18(19)20)7-11(13)9-17-14-4-2-1-3-10(14)8-16-17/h1-8H,9,15H2. The normalized spacial score (nSPS) is 10.8. The van der Waals surface area contributed by atoms with Crippen molar-refractivity contribution in [3.05, 3.63) is 64.3 Å². The Morgan fingerprint density at radius 1 is 1.25 bits per heavy atom. The van der Waals surface area contributed by atoms with Crippen molar-refractivity contribution in [2.75, 3.05) is 5.73 Å². The van der Waals surface area contributed by atoms with Gasteiger partial charge in [-0.05, 0) is 12.1 Å². The Hall–Kier alpha value is -2.89. The molecular weight excluding hydrogens is 256 g/mol. The Kier molecular flexibility index (Phi) is 2.83. The summed E-state index contributed by atoms with van der Waals surface area (Å²) in [4.78, 5) is 10.4. The fraction of sp³-hybridized carbons (Fsp3) is 0.0714. The molecule has 6 heteroatoms. The highest BCUT2D eigenvalue weighted by Crippen LogP contribution is 2.22. The number of nitrogens with two attached hydrogens (primary N) is 1. The van der Waals surface area contributed by atoms with E-state index in [0.717, 1.165) is 10.9 Å². The van der Waals surface area contributed by atoms with Crippen molar-refractivity contribution in [1.29, 1.82) is 0 Å². The van der Waals surface area contributed by atoms with Gasteiger partial charge in [0, 0.05) is 28.8 Å². The average Bonchev–Trinajstić information content (AvgIpc) is 2.84. The number of aromatic nitrogens is 2. The summed E-state index contributed by atoms with van der Waals surface area (Å²) in [5, 5.41) is 16.1. The molecule has 2 N–H and O–H groups in total. The van der Waals surface area contributed by atoms with E-state index in [1.54, 1.807) is 16.9 Å². The van der Waals surface area contributed by atoms with Crippen LogP contribution >= 0.6 is 0 Å². The molecule has 0 unspecified atom stereocenters. The van der Waals surface area contributed by atoms with Gasteiger partial charge in [0.2, 0.25) is 0 Å². The van der Waals surface area contributed by atoms with Gasteiger partial charge < -0.3 is 5.73 Å². The number of fused-ring (bicyclic) bond motifs is 1. The minimum absolute atomic E-state index is 0.0330. The van der Waals surface area contributed by atoms with Gasteiger partial charge in [-0.2, -0.15) is 5.10 Å². The molecule has 1 heterocycles. The van der Waals surface area contributed by atoms with E-state index in [4.69, 9.17) is 5.73 Å². The first-order valence-electron chi connectivity index (χ1n) is 6.08. The summed E-state index contributed by atoms with van der Waals surface area (Å²) < 4.78 is 1.78. The average molecular weight is 268 g/mol. The van der Waals surface area contributed by atoms with Crippen LogP contribution in [0.3, 0.4) is 0 Å². The van der Waals surface area contributed by atoms with Gasteiger partial charge in [0.05, 0.1) is 23.2 Å². The maximum Gasteiger partial charge on any atom is 0.269 e. The molecule has 100 valence electrons. The minimum atomic E-state index is -0.426. The summed E-state index contributed by atoms with van der Waals surface area (Å²) >= 11 is 0. The van der Waals surface area contributed by atoms with Crippen LogP contribution in [-0.2, 0) is 6.54 Å². The van der Waals surface area contributed by atoms with E-state index in [1.807, 2.05) is 24.3 Å². The van der Waals surface area contributed by atoms with Crippen molar-refractivity contribution in [1.82, 2.24) is 9.78 Å². The molecule has 20 heavy (non-hydrogen) atoms. The van der Waals surface area contributed by atoms with Crippen molar-refractivity contribution in [2.24, 2.45) is 0 Å². The van der Waals surface area contributed by atoms with Gasteiger partial charge in [0.25, 0.3) is 5.69 Å². The zero-order valence-electron chi connectivity index (χ0n) is 10.6. The second-order valence-corrected chi connectivity index (χ2v) is 4.50. The SMILES string of the molecule is Nc1ccc([N+](=O)[O-])cc1Cn1ncc2ccccc21. The first kappa shape index (κ1) is 12.2. The molecule has 2 aromatic carbocycles. The van der Waals surface area contributed by atoms with Crippen LogP contribution in [0.5, 0.6) is 0 Å². The van der Waals surface area contributed by atoms with Crippen LogP contribution in [0.4, 0.5) is 11.4 Å². The van der Waals surface area contributed by atoms with Crippen molar-refractivity contribution < 1.29 is 4.92 Å². The number of hydrogen-bond donors (Lipinski definition) is 1. The van der Waals surface area contributed by atoms with E-state index < -0.39 is 4.92 Å². The fourth-order valence-electron chi connectivity index (χ4n) is 2.16. The van der Waals surface area contributed by atoms with Crippen molar-refractivity contribution in [3.63, 3.8) is 0 Å². The highest BCUT2D eigenvalue weighted by Gasteiger charge is 2.11. The molecule has 0 spiro atoms. The van der Waals surface area contributed by atoms with Gasteiger partial charge in [0.1, 0.15) is 0 Å². The van der Waals surface area contributed by atoms with Gasteiger partial charge in [0.15, 0.2) is 0 Å². The number of hydrogen-bond acceptors (Lipinski definition) is 4. The number of non-ortho nitro benzene ring substituents is 1. The van der Waals surface area contributed by atoms with E-state index >= 15 is 0 Å². The van der Waals surface area contributed by atoms with Crippen LogP contribution in [0, 0.1) is 10.1 Å². The summed E-state index contributed by atoms with van der Waals surface area (Å²) in [6.45, 7) is 0.404. The van der Waals surface area contributed by atoms with E-state index in [-0.39, 0.29) is 5.69 Å². The highest BCUT2D eigenvalue weighted by atomic mass is 16.6. The van der Waals surface area contributed by atoms with Crippen molar-refractivity contribution in [2.45, 2.75) is 6.54 Å². The van der Waals surface area contributed by atoms with Crippen LogP contribution in [0.1, 0.15) is 5.56 Å². The Morgan fingerprint density at radius 3 is 2.85 bits per heavy atom. The summed E-state index contributed by atoms with van der Waals surface area (Å²) in [6.07, 6.45) is 1.77. The van der Waals surface area contributed by atoms with Crippen LogP contribution in [-0.4, -0.2) is 14.7 Å². The Labute approximate surface area is 114 Å². The van der Waals surface area contributed by atoms with Gasteiger partial charge in [-0.25, -0.2) is 0 Å². The molecule has 0 aliphatic heterocycles. The number of nitrogens with zero attached hydrogens (tertiary/aromatic N) is 3. The topological polar surface area (TPSA) is 87.0 Å². The minimum Gasteiger partial charge on any atom is -0.398 e. The number of benzene rings is 2. The van der Waals surface area contributed by atoms with E-state index in [1.165, 1.54) is 12.1 Å². The smallest absolute Gasteiger partial charge is 0.269 e. The monoisotopic (exact) mass is 268 g/mol. The van der Waals surface area contributed by atoms with E-state index in [9.17, 15) is 10.1 Å². The van der Waals surface area contributed by atoms with Gasteiger partial charge in [-0.1, -0.05) is 18.2 Å². The lowest BCUT2D eigenvalue weighted by Crippen LogP contribution is -2.05. The van der Waals surface area contributed by atoms with E-state index in [2.05, 4.69) is 5.10 Å². The number of anilines is 1. The molecule has 1 aromatic heterocycles. The van der Waals surface area contributed by atoms with E-state index in [0.29, 0.717) is 17.8 Å². The molecule has 0 atom stereocenters. The maximum absolute atomic E-state index is 10.8. The number of nitrogen functional groups attached to an aromatic ring is 1. The molecule has 3 aromatic rings. The molecule has 0 radical (unpaired) electrons. The Bertz CT molecular complexity index is 795. The molecule has 0 saturated carbocycles. The lowest BCUT2D eigenvalue weighted by atomic mass is 10.1. The third-order valence-corrected chi connectivity index (χ3v) is 3.21. The van der Waals surface area contributed by atoms with Gasteiger partial charge in [-0.3, -0.25) is 14.8 Å². The second kappa shape index (κ2) is 4.65. The first-order valence-corrected chi connectivity index (χ1v) is 6.08.